The third kappa shape index (κ3) is 2.44. The van der Waals surface area contributed by atoms with Crippen molar-refractivity contribution in [1.29, 1.82) is 0 Å². The fourth-order valence-electron chi connectivity index (χ4n) is 1.63. The molecular weight excluding hydrogens is 226 g/mol. The number of carbonyl (C=O) groups excluding carboxylic acids is 1. The second kappa shape index (κ2) is 4.70. The van der Waals surface area contributed by atoms with Gasteiger partial charge in [0, 0.05) is 5.41 Å². The Morgan fingerprint density at radius 1 is 1.56 bits per heavy atom. The average Bonchev–Trinajstić information content (AvgIpc) is 3.02. The molecule has 0 aliphatic heterocycles. The van der Waals surface area contributed by atoms with Crippen LogP contribution in [0, 0.1) is 5.41 Å². The molecule has 3 N–H and O–H groups in total. The minimum atomic E-state index is -0.110. The second-order valence-corrected chi connectivity index (χ2v) is 4.06. The summed E-state index contributed by atoms with van der Waals surface area (Å²) in [6, 6.07) is 3.45. The molecule has 1 aromatic heterocycles. The predicted molar refractivity (Wildman–Crippen MR) is 66.5 cm³/mol. The number of amides is 1. The summed E-state index contributed by atoms with van der Waals surface area (Å²) >= 11 is 0. The van der Waals surface area contributed by atoms with E-state index in [0.29, 0.717) is 11.5 Å². The van der Waals surface area contributed by atoms with Crippen molar-refractivity contribution in [2.45, 2.75) is 26.2 Å². The molecule has 5 heteroatoms. The molecule has 1 aliphatic carbocycles. The first-order chi connectivity index (χ1) is 7.16. The first kappa shape index (κ1) is 12.8. The molecule has 0 spiro atoms. The molecule has 0 saturated heterocycles. The summed E-state index contributed by atoms with van der Waals surface area (Å²) in [7, 11) is 0. The Hall–Kier alpha value is -1.29. The van der Waals surface area contributed by atoms with Crippen LogP contribution < -0.4 is 11.1 Å². The van der Waals surface area contributed by atoms with Crippen LogP contribution in [-0.4, -0.2) is 10.9 Å². The highest BCUT2D eigenvalue weighted by atomic mass is 35.5. The summed E-state index contributed by atoms with van der Waals surface area (Å²) in [5.41, 5.74) is 6.06. The van der Waals surface area contributed by atoms with Crippen molar-refractivity contribution in [3.8, 4) is 0 Å². The van der Waals surface area contributed by atoms with Crippen molar-refractivity contribution in [3.05, 3.63) is 18.3 Å². The lowest BCUT2D eigenvalue weighted by atomic mass is 10.0. The largest absolute Gasteiger partial charge is 0.384 e. The number of nitrogen functional groups attached to an aromatic ring is 1. The number of nitrogens with zero attached hydrogens (tertiary/aromatic N) is 1. The topological polar surface area (TPSA) is 68.0 Å². The quantitative estimate of drug-likeness (QED) is 0.853. The molecule has 1 aliphatic rings. The Balaban J connectivity index is 0.00000128. The number of aromatic nitrogens is 1. The molecule has 1 heterocycles. The van der Waals surface area contributed by atoms with Gasteiger partial charge in [-0.1, -0.05) is 6.92 Å². The van der Waals surface area contributed by atoms with E-state index < -0.39 is 0 Å². The summed E-state index contributed by atoms with van der Waals surface area (Å²) in [4.78, 5) is 15.8. The van der Waals surface area contributed by atoms with E-state index in [2.05, 4.69) is 10.3 Å². The van der Waals surface area contributed by atoms with E-state index in [-0.39, 0.29) is 23.7 Å². The van der Waals surface area contributed by atoms with Crippen LogP contribution in [0.4, 0.5) is 11.5 Å². The summed E-state index contributed by atoms with van der Waals surface area (Å²) in [6.07, 6.45) is 4.48. The van der Waals surface area contributed by atoms with Crippen LogP contribution in [0.15, 0.2) is 18.3 Å². The Bertz CT molecular complexity index is 373. The van der Waals surface area contributed by atoms with E-state index in [1.54, 1.807) is 18.3 Å². The summed E-state index contributed by atoms with van der Waals surface area (Å²) < 4.78 is 0. The number of rotatable bonds is 3. The van der Waals surface area contributed by atoms with Crippen molar-refractivity contribution in [1.82, 2.24) is 4.98 Å². The van der Waals surface area contributed by atoms with Crippen LogP contribution in [0.5, 0.6) is 0 Å². The Kier molecular flexibility index (Phi) is 3.75. The molecule has 0 radical (unpaired) electrons. The number of hydrogen-bond donors (Lipinski definition) is 2. The van der Waals surface area contributed by atoms with E-state index in [4.69, 9.17) is 5.73 Å². The van der Waals surface area contributed by atoms with E-state index in [0.717, 1.165) is 19.3 Å². The number of halogens is 1. The van der Waals surface area contributed by atoms with Gasteiger partial charge in [0.2, 0.25) is 5.91 Å². The van der Waals surface area contributed by atoms with Gasteiger partial charge in [-0.05, 0) is 31.4 Å². The predicted octanol–water partition coefficient (Wildman–Crippen LogP) is 2.21. The molecular formula is C11H16ClN3O. The van der Waals surface area contributed by atoms with Crippen LogP contribution >= 0.6 is 12.4 Å². The molecule has 1 saturated carbocycles. The molecule has 0 bridgehead atoms. The highest BCUT2D eigenvalue weighted by Crippen LogP contribution is 2.49. The molecule has 0 atom stereocenters. The third-order valence-electron chi connectivity index (χ3n) is 3.06. The first-order valence-corrected chi connectivity index (χ1v) is 5.19. The normalized spacial score (nSPS) is 16.1. The molecule has 2 rings (SSSR count). The molecule has 16 heavy (non-hydrogen) atoms. The van der Waals surface area contributed by atoms with Crippen molar-refractivity contribution < 1.29 is 4.79 Å². The fraction of sp³-hybridized carbons (Fsp3) is 0.455. The number of nitrogens with one attached hydrogen (secondary N) is 1. The fourth-order valence-corrected chi connectivity index (χ4v) is 1.63. The van der Waals surface area contributed by atoms with Crippen molar-refractivity contribution >= 4 is 29.8 Å². The SMILES string of the molecule is CCC1(C(=O)Nc2ccc(N)nc2)CC1.Cl. The van der Waals surface area contributed by atoms with Gasteiger partial charge in [-0.2, -0.15) is 0 Å². The van der Waals surface area contributed by atoms with Gasteiger partial charge in [0.1, 0.15) is 5.82 Å². The zero-order valence-corrected chi connectivity index (χ0v) is 10.0. The van der Waals surface area contributed by atoms with Gasteiger partial charge in [-0.25, -0.2) is 4.98 Å². The molecule has 4 nitrogen and oxygen atoms in total. The van der Waals surface area contributed by atoms with Crippen LogP contribution in [0.2, 0.25) is 0 Å². The van der Waals surface area contributed by atoms with Crippen LogP contribution in [0.3, 0.4) is 0 Å². The Morgan fingerprint density at radius 3 is 2.69 bits per heavy atom. The molecule has 1 amide bonds. The average molecular weight is 242 g/mol. The lowest BCUT2D eigenvalue weighted by Gasteiger charge is -2.12. The molecule has 0 aromatic carbocycles. The van der Waals surface area contributed by atoms with Gasteiger partial charge in [0.15, 0.2) is 0 Å². The van der Waals surface area contributed by atoms with Crippen molar-refractivity contribution in [2.75, 3.05) is 11.1 Å². The van der Waals surface area contributed by atoms with Crippen molar-refractivity contribution in [3.63, 3.8) is 0 Å². The standard InChI is InChI=1S/C11H15N3O.ClH/c1-2-11(5-6-11)10(15)14-8-3-4-9(12)13-7-8;/h3-4,7H,2,5-6H2,1H3,(H2,12,13)(H,14,15);1H. The zero-order chi connectivity index (χ0) is 10.9. The van der Waals surface area contributed by atoms with Crippen LogP contribution in [0.1, 0.15) is 26.2 Å². The van der Waals surface area contributed by atoms with E-state index in [1.165, 1.54) is 0 Å². The van der Waals surface area contributed by atoms with E-state index in [1.807, 2.05) is 6.92 Å². The van der Waals surface area contributed by atoms with E-state index in [9.17, 15) is 4.79 Å². The highest BCUT2D eigenvalue weighted by Gasteiger charge is 2.47. The van der Waals surface area contributed by atoms with Gasteiger partial charge < -0.3 is 11.1 Å². The second-order valence-electron chi connectivity index (χ2n) is 4.06. The van der Waals surface area contributed by atoms with Crippen LogP contribution in [-0.2, 0) is 4.79 Å². The zero-order valence-electron chi connectivity index (χ0n) is 9.19. The minimum absolute atomic E-state index is 0. The first-order valence-electron chi connectivity index (χ1n) is 5.19. The number of carbonyl (C=O) groups is 1. The highest BCUT2D eigenvalue weighted by molar-refractivity contribution is 5.97. The minimum Gasteiger partial charge on any atom is -0.384 e. The van der Waals surface area contributed by atoms with Crippen molar-refractivity contribution in [2.24, 2.45) is 5.41 Å². The van der Waals surface area contributed by atoms with Gasteiger partial charge in [0.05, 0.1) is 11.9 Å². The van der Waals surface area contributed by atoms with Gasteiger partial charge in [-0.3, -0.25) is 4.79 Å². The molecule has 0 unspecified atom stereocenters. The smallest absolute Gasteiger partial charge is 0.230 e. The summed E-state index contributed by atoms with van der Waals surface area (Å²) in [5, 5.41) is 2.87. The summed E-state index contributed by atoms with van der Waals surface area (Å²) in [6.45, 7) is 2.05. The number of pyridine rings is 1. The Labute approximate surface area is 101 Å². The number of nitrogens with two attached hydrogens (primary N) is 1. The van der Waals surface area contributed by atoms with Gasteiger partial charge in [-0.15, -0.1) is 12.4 Å². The summed E-state index contributed by atoms with van der Waals surface area (Å²) in [5.74, 6) is 0.571. The lowest BCUT2D eigenvalue weighted by Crippen LogP contribution is -2.23. The van der Waals surface area contributed by atoms with Gasteiger partial charge in [0.25, 0.3) is 0 Å². The lowest BCUT2D eigenvalue weighted by molar-refractivity contribution is -0.121. The monoisotopic (exact) mass is 241 g/mol. The number of anilines is 2. The van der Waals surface area contributed by atoms with Gasteiger partial charge >= 0.3 is 0 Å². The maximum Gasteiger partial charge on any atom is 0.230 e. The maximum absolute atomic E-state index is 11.8. The van der Waals surface area contributed by atoms with E-state index >= 15 is 0 Å². The Morgan fingerprint density at radius 2 is 2.25 bits per heavy atom. The third-order valence-corrected chi connectivity index (χ3v) is 3.06. The van der Waals surface area contributed by atoms with Crippen LogP contribution in [0.25, 0.3) is 0 Å². The molecule has 1 fully saturated rings. The molecule has 1 aromatic rings. The number of hydrogen-bond acceptors (Lipinski definition) is 3. The molecule has 88 valence electrons. The maximum atomic E-state index is 11.8.